The van der Waals surface area contributed by atoms with Crippen LogP contribution in [0.3, 0.4) is 0 Å². The molecule has 0 saturated heterocycles. The van der Waals surface area contributed by atoms with Crippen molar-refractivity contribution in [1.29, 1.82) is 0 Å². The van der Waals surface area contributed by atoms with Crippen molar-refractivity contribution in [3.05, 3.63) is 59.0 Å². The second kappa shape index (κ2) is 6.41. The van der Waals surface area contributed by atoms with Crippen molar-refractivity contribution >= 4 is 43.1 Å². The molecule has 0 aliphatic carbocycles. The van der Waals surface area contributed by atoms with Gasteiger partial charge in [-0.15, -0.1) is 11.3 Å². The first-order valence-corrected chi connectivity index (χ1v) is 10.5. The van der Waals surface area contributed by atoms with Gasteiger partial charge < -0.3 is 4.74 Å². The smallest absolute Gasteiger partial charge is 0.349 e. The second-order valence-electron chi connectivity index (χ2n) is 6.06. The number of benzene rings is 2. The summed E-state index contributed by atoms with van der Waals surface area (Å²) in [5.74, 6) is -0.630. The standard InChI is InChI=1S/C19H17NO4S2/c1-24-19(21)17-18(14-9-3-5-11-16(14)25-17)26(22,23)20-12-6-8-13-7-2-4-10-15(13)20/h2-5,7,9-11H,6,8,12H2,1H3. The van der Waals surface area contributed by atoms with E-state index in [1.165, 1.54) is 11.4 Å². The molecule has 0 amide bonds. The summed E-state index contributed by atoms with van der Waals surface area (Å²) in [6.07, 6.45) is 1.59. The molecule has 1 aliphatic heterocycles. The van der Waals surface area contributed by atoms with E-state index in [1.807, 2.05) is 36.4 Å². The average molecular weight is 387 g/mol. The molecule has 7 heteroatoms. The Morgan fingerprint density at radius 3 is 2.65 bits per heavy atom. The molecule has 3 aromatic rings. The minimum absolute atomic E-state index is 0.0432. The van der Waals surface area contributed by atoms with E-state index in [9.17, 15) is 13.2 Å². The quantitative estimate of drug-likeness (QED) is 0.641. The molecule has 0 atom stereocenters. The Balaban J connectivity index is 1.97. The first-order valence-electron chi connectivity index (χ1n) is 8.24. The first-order chi connectivity index (χ1) is 12.5. The predicted molar refractivity (Wildman–Crippen MR) is 102 cm³/mol. The molecule has 0 saturated carbocycles. The number of anilines is 1. The highest BCUT2D eigenvalue weighted by Gasteiger charge is 2.35. The second-order valence-corrected chi connectivity index (χ2v) is 8.91. The van der Waals surface area contributed by atoms with Crippen LogP contribution < -0.4 is 4.31 Å². The zero-order valence-corrected chi connectivity index (χ0v) is 15.8. The third-order valence-electron chi connectivity index (χ3n) is 4.54. The highest BCUT2D eigenvalue weighted by molar-refractivity contribution is 7.93. The SMILES string of the molecule is COC(=O)c1sc2ccccc2c1S(=O)(=O)N1CCCc2ccccc21. The van der Waals surface area contributed by atoms with E-state index in [-0.39, 0.29) is 9.77 Å². The molecular formula is C19H17NO4S2. The Hall–Kier alpha value is -2.38. The number of para-hydroxylation sites is 1. The maximum absolute atomic E-state index is 13.6. The average Bonchev–Trinajstić information content (AvgIpc) is 3.07. The predicted octanol–water partition coefficient (Wildman–Crippen LogP) is 3.83. The molecule has 0 N–H and O–H groups in total. The molecule has 4 rings (SSSR count). The maximum Gasteiger partial charge on any atom is 0.349 e. The van der Waals surface area contributed by atoms with Gasteiger partial charge in [0.25, 0.3) is 10.0 Å². The van der Waals surface area contributed by atoms with E-state index in [2.05, 4.69) is 0 Å². The molecule has 2 heterocycles. The van der Waals surface area contributed by atoms with Crippen LogP contribution in [0.1, 0.15) is 21.7 Å². The number of carbonyl (C=O) groups excluding carboxylic acids is 1. The summed E-state index contributed by atoms with van der Waals surface area (Å²) < 4.78 is 34.2. The monoisotopic (exact) mass is 387 g/mol. The van der Waals surface area contributed by atoms with Crippen molar-refractivity contribution in [2.45, 2.75) is 17.7 Å². The van der Waals surface area contributed by atoms with Crippen LogP contribution in [0.4, 0.5) is 5.69 Å². The lowest BCUT2D eigenvalue weighted by Crippen LogP contribution is -2.36. The highest BCUT2D eigenvalue weighted by Crippen LogP contribution is 2.39. The van der Waals surface area contributed by atoms with Crippen LogP contribution in [0.15, 0.2) is 53.4 Å². The van der Waals surface area contributed by atoms with Crippen molar-refractivity contribution in [3.8, 4) is 0 Å². The van der Waals surface area contributed by atoms with Crippen molar-refractivity contribution < 1.29 is 17.9 Å². The number of thiophene rings is 1. The van der Waals surface area contributed by atoms with Crippen LogP contribution in [0.2, 0.25) is 0 Å². The summed E-state index contributed by atoms with van der Waals surface area (Å²) in [7, 11) is -2.64. The zero-order valence-electron chi connectivity index (χ0n) is 14.1. The van der Waals surface area contributed by atoms with Crippen LogP contribution in [0.5, 0.6) is 0 Å². The number of rotatable bonds is 3. The molecule has 1 aliphatic rings. The molecule has 1 aromatic heterocycles. The fourth-order valence-electron chi connectivity index (χ4n) is 3.36. The normalized spacial score (nSPS) is 14.3. The van der Waals surface area contributed by atoms with Crippen molar-refractivity contribution in [1.82, 2.24) is 0 Å². The van der Waals surface area contributed by atoms with Crippen LogP contribution in [-0.4, -0.2) is 28.0 Å². The Labute approximate surface area is 155 Å². The van der Waals surface area contributed by atoms with Gasteiger partial charge in [0, 0.05) is 16.6 Å². The lowest BCUT2D eigenvalue weighted by Gasteiger charge is -2.30. The lowest BCUT2D eigenvalue weighted by molar-refractivity contribution is 0.0602. The van der Waals surface area contributed by atoms with Gasteiger partial charge in [-0.1, -0.05) is 36.4 Å². The van der Waals surface area contributed by atoms with Gasteiger partial charge in [-0.3, -0.25) is 4.31 Å². The van der Waals surface area contributed by atoms with E-state index in [0.29, 0.717) is 17.6 Å². The van der Waals surface area contributed by atoms with E-state index in [0.717, 1.165) is 34.4 Å². The van der Waals surface area contributed by atoms with E-state index in [4.69, 9.17) is 4.74 Å². The molecular weight excluding hydrogens is 370 g/mol. The number of fused-ring (bicyclic) bond motifs is 2. The number of esters is 1. The molecule has 5 nitrogen and oxygen atoms in total. The minimum atomic E-state index is -3.90. The topological polar surface area (TPSA) is 63.7 Å². The highest BCUT2D eigenvalue weighted by atomic mass is 32.2. The number of aryl methyl sites for hydroxylation is 1. The van der Waals surface area contributed by atoms with E-state index >= 15 is 0 Å². The van der Waals surface area contributed by atoms with E-state index in [1.54, 1.807) is 12.1 Å². The fourth-order valence-corrected chi connectivity index (χ4v) is 6.69. The Morgan fingerprint density at radius 2 is 1.85 bits per heavy atom. The largest absolute Gasteiger partial charge is 0.465 e. The number of methoxy groups -OCH3 is 1. The number of hydrogen-bond donors (Lipinski definition) is 0. The van der Waals surface area contributed by atoms with Crippen LogP contribution in [0, 0.1) is 0 Å². The van der Waals surface area contributed by atoms with Gasteiger partial charge in [0.05, 0.1) is 12.8 Å². The molecule has 0 bridgehead atoms. The van der Waals surface area contributed by atoms with Gasteiger partial charge >= 0.3 is 5.97 Å². The summed E-state index contributed by atoms with van der Waals surface area (Å²) in [6, 6.07) is 14.7. The van der Waals surface area contributed by atoms with Gasteiger partial charge in [0.1, 0.15) is 9.77 Å². The minimum Gasteiger partial charge on any atom is -0.465 e. The van der Waals surface area contributed by atoms with Gasteiger partial charge in [-0.25, -0.2) is 13.2 Å². The lowest BCUT2D eigenvalue weighted by atomic mass is 10.0. The molecule has 0 radical (unpaired) electrons. The summed E-state index contributed by atoms with van der Waals surface area (Å²) in [6.45, 7) is 0.393. The maximum atomic E-state index is 13.6. The van der Waals surface area contributed by atoms with Crippen molar-refractivity contribution in [3.63, 3.8) is 0 Å². The number of sulfonamides is 1. The number of nitrogens with zero attached hydrogens (tertiary/aromatic N) is 1. The van der Waals surface area contributed by atoms with Gasteiger partial charge in [-0.2, -0.15) is 0 Å². The van der Waals surface area contributed by atoms with Crippen LogP contribution in [-0.2, 0) is 21.2 Å². The van der Waals surface area contributed by atoms with Crippen molar-refractivity contribution in [2.75, 3.05) is 18.0 Å². The van der Waals surface area contributed by atoms with Gasteiger partial charge in [0.15, 0.2) is 0 Å². The summed E-state index contributed by atoms with van der Waals surface area (Å²) >= 11 is 1.15. The molecule has 0 spiro atoms. The van der Waals surface area contributed by atoms with Crippen molar-refractivity contribution in [2.24, 2.45) is 0 Å². The van der Waals surface area contributed by atoms with Gasteiger partial charge in [0.2, 0.25) is 0 Å². The molecule has 2 aromatic carbocycles. The molecule has 0 unspecified atom stereocenters. The number of ether oxygens (including phenoxy) is 1. The third-order valence-corrected chi connectivity index (χ3v) is 7.72. The molecule has 0 fully saturated rings. The fraction of sp³-hybridized carbons (Fsp3) is 0.211. The van der Waals surface area contributed by atoms with Gasteiger partial charge in [-0.05, 0) is 30.5 Å². The number of hydrogen-bond acceptors (Lipinski definition) is 5. The van der Waals surface area contributed by atoms with Crippen LogP contribution in [0.25, 0.3) is 10.1 Å². The first kappa shape index (κ1) is 17.1. The third kappa shape index (κ3) is 2.59. The summed E-state index contributed by atoms with van der Waals surface area (Å²) in [5, 5.41) is 0.556. The number of carbonyl (C=O) groups is 1. The Kier molecular flexibility index (Phi) is 4.20. The molecule has 134 valence electrons. The molecule has 26 heavy (non-hydrogen) atoms. The Bertz CT molecular complexity index is 1100. The van der Waals surface area contributed by atoms with E-state index < -0.39 is 16.0 Å². The van der Waals surface area contributed by atoms with Crippen LogP contribution >= 0.6 is 11.3 Å². The summed E-state index contributed by atoms with van der Waals surface area (Å²) in [4.78, 5) is 12.4. The summed E-state index contributed by atoms with van der Waals surface area (Å²) in [5.41, 5.74) is 1.69. The zero-order chi connectivity index (χ0) is 18.3. The Morgan fingerprint density at radius 1 is 1.12 bits per heavy atom.